The topological polar surface area (TPSA) is 144 Å². The number of anilines is 1. The molecule has 0 spiro atoms. The number of aromatic nitrogens is 1. The first kappa shape index (κ1) is 23.7. The van der Waals surface area contributed by atoms with E-state index >= 15 is 0 Å². The Labute approximate surface area is 178 Å². The van der Waals surface area contributed by atoms with Crippen LogP contribution in [0.15, 0.2) is 18.2 Å². The van der Waals surface area contributed by atoms with Crippen molar-refractivity contribution in [2.24, 2.45) is 12.8 Å². The van der Waals surface area contributed by atoms with Crippen molar-refractivity contribution in [3.8, 4) is 0 Å². The third-order valence-electron chi connectivity index (χ3n) is 5.07. The fourth-order valence-electron chi connectivity index (χ4n) is 3.29. The van der Waals surface area contributed by atoms with E-state index in [1.165, 1.54) is 43.7 Å². The number of amides is 3. The molecule has 0 unspecified atom stereocenters. The molecule has 10 heteroatoms. The molecule has 3 amide bonds. The maximum atomic E-state index is 13.5. The minimum Gasteiger partial charge on any atom is -0.391 e. The number of carbonyl (C=O) groups excluding carboxylic acids is 4. The van der Waals surface area contributed by atoms with Crippen molar-refractivity contribution in [2.75, 3.05) is 5.32 Å². The number of Topliss-reactive ketones (excluding diaryl/α,β-unsaturated/α-hetero) is 1. The molecule has 0 aliphatic carbocycles. The Morgan fingerprint density at radius 3 is 2.29 bits per heavy atom. The van der Waals surface area contributed by atoms with Crippen LogP contribution in [0.25, 0.3) is 0 Å². The largest absolute Gasteiger partial charge is 0.391 e. The summed E-state index contributed by atoms with van der Waals surface area (Å²) >= 11 is 0. The highest BCUT2D eigenvalue weighted by Gasteiger charge is 2.31. The van der Waals surface area contributed by atoms with Gasteiger partial charge in [0, 0.05) is 18.4 Å². The zero-order valence-corrected chi connectivity index (χ0v) is 17.9. The van der Waals surface area contributed by atoms with Gasteiger partial charge in [-0.05, 0) is 57.0 Å². The first-order valence-electron chi connectivity index (χ1n) is 9.42. The molecule has 1 aromatic carbocycles. The van der Waals surface area contributed by atoms with Gasteiger partial charge in [-0.3, -0.25) is 19.2 Å². The molecule has 9 nitrogen and oxygen atoms in total. The number of benzene rings is 1. The lowest BCUT2D eigenvalue weighted by Crippen LogP contribution is -2.52. The van der Waals surface area contributed by atoms with Gasteiger partial charge in [0.1, 0.15) is 11.9 Å². The normalized spacial score (nSPS) is 12.7. The maximum absolute atomic E-state index is 13.5. The highest BCUT2D eigenvalue weighted by molar-refractivity contribution is 6.43. The van der Waals surface area contributed by atoms with Gasteiger partial charge < -0.3 is 26.0 Å². The van der Waals surface area contributed by atoms with E-state index in [0.29, 0.717) is 16.9 Å². The number of rotatable bonds is 7. The van der Waals surface area contributed by atoms with Crippen LogP contribution in [0.4, 0.5) is 10.1 Å². The number of ketones is 1. The SMILES string of the molecule is Cc1cc(NC(=O)c2c(C)c(C(=O)C(=O)N[C@@H](C(N)=O)[C@H](C)O)n(C)c2C)ccc1F. The van der Waals surface area contributed by atoms with Crippen molar-refractivity contribution in [1.82, 2.24) is 9.88 Å². The number of halogens is 1. The van der Waals surface area contributed by atoms with Crippen molar-refractivity contribution in [3.05, 3.63) is 52.1 Å². The van der Waals surface area contributed by atoms with Crippen LogP contribution in [0.3, 0.4) is 0 Å². The Morgan fingerprint density at radius 1 is 1.16 bits per heavy atom. The second-order valence-corrected chi connectivity index (χ2v) is 7.33. The summed E-state index contributed by atoms with van der Waals surface area (Å²) in [6.45, 7) is 5.93. The highest BCUT2D eigenvalue weighted by atomic mass is 19.1. The van der Waals surface area contributed by atoms with Crippen molar-refractivity contribution in [1.29, 1.82) is 0 Å². The monoisotopic (exact) mass is 432 g/mol. The number of aliphatic hydroxyl groups excluding tert-OH is 1. The molecule has 2 rings (SSSR count). The number of aliphatic hydroxyl groups is 1. The first-order chi connectivity index (χ1) is 14.4. The summed E-state index contributed by atoms with van der Waals surface area (Å²) in [7, 11) is 1.52. The summed E-state index contributed by atoms with van der Waals surface area (Å²) in [5, 5.41) is 14.4. The minimum atomic E-state index is -1.44. The predicted molar refractivity (Wildman–Crippen MR) is 111 cm³/mol. The van der Waals surface area contributed by atoms with Crippen molar-refractivity contribution in [2.45, 2.75) is 39.8 Å². The standard InChI is InChI=1S/C21H25FN4O5/c1-9-8-13(6-7-14(9)22)24-20(30)15-10(2)17(26(5)11(15)3)18(28)21(31)25-16(12(4)27)19(23)29/h6-8,12,16,27H,1-5H3,(H2,23,29)(H,24,30)(H,25,31)/t12-,16+/m0/s1. The van der Waals surface area contributed by atoms with Gasteiger partial charge in [-0.15, -0.1) is 0 Å². The van der Waals surface area contributed by atoms with Gasteiger partial charge in [-0.25, -0.2) is 4.39 Å². The summed E-state index contributed by atoms with van der Waals surface area (Å²) in [5.41, 5.74) is 6.68. The van der Waals surface area contributed by atoms with E-state index in [9.17, 15) is 28.7 Å². The maximum Gasteiger partial charge on any atom is 0.294 e. The van der Waals surface area contributed by atoms with E-state index in [4.69, 9.17) is 5.73 Å². The average molecular weight is 432 g/mol. The molecule has 0 aliphatic heterocycles. The molecule has 2 atom stereocenters. The lowest BCUT2D eigenvalue weighted by Gasteiger charge is -2.17. The lowest BCUT2D eigenvalue weighted by molar-refractivity contribution is -0.127. The molecule has 5 N–H and O–H groups in total. The van der Waals surface area contributed by atoms with Crippen molar-refractivity contribution < 1.29 is 28.7 Å². The molecule has 31 heavy (non-hydrogen) atoms. The third kappa shape index (κ3) is 4.80. The molecule has 0 bridgehead atoms. The minimum absolute atomic E-state index is 0.0516. The Bertz CT molecular complexity index is 1070. The van der Waals surface area contributed by atoms with Gasteiger partial charge in [0.2, 0.25) is 5.91 Å². The van der Waals surface area contributed by atoms with Gasteiger partial charge in [0.25, 0.3) is 17.6 Å². The quantitative estimate of drug-likeness (QED) is 0.379. The number of primary amides is 1. The van der Waals surface area contributed by atoms with Gasteiger partial charge in [0.05, 0.1) is 17.4 Å². The number of nitrogens with one attached hydrogen (secondary N) is 2. The first-order valence-corrected chi connectivity index (χ1v) is 9.42. The molecular formula is C21H25FN4O5. The lowest BCUT2D eigenvalue weighted by atomic mass is 10.1. The molecule has 0 aliphatic rings. The van der Waals surface area contributed by atoms with Crippen LogP contribution >= 0.6 is 0 Å². The average Bonchev–Trinajstić information content (AvgIpc) is 2.90. The molecule has 0 saturated carbocycles. The van der Waals surface area contributed by atoms with Gasteiger partial charge >= 0.3 is 0 Å². The smallest absolute Gasteiger partial charge is 0.294 e. The number of hydrogen-bond donors (Lipinski definition) is 4. The summed E-state index contributed by atoms with van der Waals surface area (Å²) in [6.07, 6.45) is -1.30. The Balaban J connectivity index is 2.35. The number of carbonyl (C=O) groups is 4. The number of hydrogen-bond acceptors (Lipinski definition) is 5. The van der Waals surface area contributed by atoms with Crippen LogP contribution in [-0.4, -0.2) is 45.3 Å². The van der Waals surface area contributed by atoms with Gasteiger partial charge in [-0.1, -0.05) is 0 Å². The van der Waals surface area contributed by atoms with Crippen LogP contribution in [0, 0.1) is 26.6 Å². The third-order valence-corrected chi connectivity index (χ3v) is 5.07. The van der Waals surface area contributed by atoms with E-state index in [2.05, 4.69) is 10.6 Å². The van der Waals surface area contributed by atoms with E-state index in [0.717, 1.165) is 0 Å². The van der Waals surface area contributed by atoms with Crippen LogP contribution < -0.4 is 16.4 Å². The molecular weight excluding hydrogens is 407 g/mol. The summed E-state index contributed by atoms with van der Waals surface area (Å²) in [4.78, 5) is 49.4. The molecule has 0 radical (unpaired) electrons. The zero-order chi connectivity index (χ0) is 23.6. The molecule has 166 valence electrons. The molecule has 1 aromatic heterocycles. The number of aryl methyl sites for hydroxylation is 1. The molecule has 2 aromatic rings. The Hall–Kier alpha value is -3.53. The second-order valence-electron chi connectivity index (χ2n) is 7.33. The molecule has 1 heterocycles. The van der Waals surface area contributed by atoms with E-state index in [1.807, 2.05) is 0 Å². The summed E-state index contributed by atoms with van der Waals surface area (Å²) in [6, 6.07) is 2.67. The second kappa shape index (κ2) is 9.09. The van der Waals surface area contributed by atoms with E-state index < -0.39 is 41.5 Å². The van der Waals surface area contributed by atoms with Crippen LogP contribution in [0.1, 0.15) is 44.6 Å². The summed E-state index contributed by atoms with van der Waals surface area (Å²) in [5.74, 6) is -4.07. The Morgan fingerprint density at radius 2 is 1.77 bits per heavy atom. The molecule has 0 saturated heterocycles. The predicted octanol–water partition coefficient (Wildman–Crippen LogP) is 0.875. The fourth-order valence-corrected chi connectivity index (χ4v) is 3.29. The van der Waals surface area contributed by atoms with Crippen molar-refractivity contribution in [3.63, 3.8) is 0 Å². The van der Waals surface area contributed by atoms with Crippen molar-refractivity contribution >= 4 is 29.2 Å². The van der Waals surface area contributed by atoms with Crippen LogP contribution in [-0.2, 0) is 16.6 Å². The zero-order valence-electron chi connectivity index (χ0n) is 17.9. The van der Waals surface area contributed by atoms with Crippen LogP contribution in [0.5, 0.6) is 0 Å². The summed E-state index contributed by atoms with van der Waals surface area (Å²) < 4.78 is 14.9. The number of nitrogens with two attached hydrogens (primary N) is 1. The van der Waals surface area contributed by atoms with E-state index in [1.54, 1.807) is 13.8 Å². The van der Waals surface area contributed by atoms with Gasteiger partial charge in [0.15, 0.2) is 0 Å². The Kier molecular flexibility index (Phi) is 6.96. The van der Waals surface area contributed by atoms with E-state index in [-0.39, 0.29) is 16.8 Å². The fraction of sp³-hybridized carbons (Fsp3) is 0.333. The molecule has 0 fully saturated rings. The number of nitrogens with zero attached hydrogens (tertiary/aromatic N) is 1. The highest BCUT2D eigenvalue weighted by Crippen LogP contribution is 2.24. The van der Waals surface area contributed by atoms with Gasteiger partial charge in [-0.2, -0.15) is 0 Å². The van der Waals surface area contributed by atoms with Crippen LogP contribution in [0.2, 0.25) is 0 Å².